The topological polar surface area (TPSA) is 81.4 Å². The fourth-order valence-electron chi connectivity index (χ4n) is 2.15. The van der Waals surface area contributed by atoms with Crippen molar-refractivity contribution in [1.82, 2.24) is 5.32 Å². The summed E-state index contributed by atoms with van der Waals surface area (Å²) in [5, 5.41) is 2.88. The van der Waals surface area contributed by atoms with Crippen molar-refractivity contribution in [2.24, 2.45) is 5.73 Å². The van der Waals surface area contributed by atoms with Gasteiger partial charge in [-0.2, -0.15) is 0 Å². The number of carbonyl (C=O) groups is 2. The maximum atomic E-state index is 12.2. The van der Waals surface area contributed by atoms with Crippen molar-refractivity contribution in [3.05, 3.63) is 35.9 Å². The number of unbranched alkanes of at least 4 members (excludes halogenated alkanes) is 3. The van der Waals surface area contributed by atoms with Crippen molar-refractivity contribution in [3.8, 4) is 0 Å². The Labute approximate surface area is 132 Å². The number of methoxy groups -OCH3 is 1. The summed E-state index contributed by atoms with van der Waals surface area (Å²) >= 11 is 0. The maximum Gasteiger partial charge on any atom is 0.305 e. The normalized spacial score (nSPS) is 13.2. The van der Waals surface area contributed by atoms with Gasteiger partial charge < -0.3 is 15.8 Å². The van der Waals surface area contributed by atoms with Gasteiger partial charge in [-0.25, -0.2) is 0 Å². The van der Waals surface area contributed by atoms with E-state index in [9.17, 15) is 9.59 Å². The van der Waals surface area contributed by atoms with E-state index in [0.717, 1.165) is 31.2 Å². The Bertz CT molecular complexity index is 472. The van der Waals surface area contributed by atoms with E-state index >= 15 is 0 Å². The Kier molecular flexibility index (Phi) is 7.60. The molecule has 0 saturated carbocycles. The van der Waals surface area contributed by atoms with Gasteiger partial charge in [0.2, 0.25) is 5.91 Å². The minimum absolute atomic E-state index is 0.171. The van der Waals surface area contributed by atoms with Crippen LogP contribution in [0.25, 0.3) is 0 Å². The first-order valence-electron chi connectivity index (χ1n) is 7.68. The molecule has 1 aromatic rings. The van der Waals surface area contributed by atoms with Crippen LogP contribution in [0.3, 0.4) is 0 Å². The van der Waals surface area contributed by atoms with Gasteiger partial charge in [0.1, 0.15) is 5.54 Å². The van der Waals surface area contributed by atoms with Gasteiger partial charge in [0.25, 0.3) is 0 Å². The Morgan fingerprint density at radius 2 is 1.77 bits per heavy atom. The molecule has 122 valence electrons. The molecule has 1 aromatic carbocycles. The molecule has 5 heteroatoms. The van der Waals surface area contributed by atoms with E-state index in [1.165, 1.54) is 7.11 Å². The van der Waals surface area contributed by atoms with Crippen LogP contribution in [-0.2, 0) is 19.9 Å². The van der Waals surface area contributed by atoms with Crippen LogP contribution in [0.1, 0.15) is 44.6 Å². The standard InChI is InChI=1S/C17H26N2O3/c1-17(18,14-10-6-5-7-11-14)16(21)19-13-9-4-3-8-12-15(20)22-2/h5-7,10-11H,3-4,8-9,12-13,18H2,1-2H3,(H,19,21). The van der Waals surface area contributed by atoms with Crippen LogP contribution < -0.4 is 11.1 Å². The van der Waals surface area contributed by atoms with E-state index in [0.29, 0.717) is 13.0 Å². The molecule has 5 nitrogen and oxygen atoms in total. The Morgan fingerprint density at radius 3 is 2.41 bits per heavy atom. The summed E-state index contributed by atoms with van der Waals surface area (Å²) in [5.74, 6) is -0.344. The number of amides is 1. The third-order valence-electron chi connectivity index (χ3n) is 3.67. The van der Waals surface area contributed by atoms with Gasteiger partial charge in [-0.1, -0.05) is 43.2 Å². The molecule has 0 aliphatic carbocycles. The number of ether oxygens (including phenoxy) is 1. The molecule has 0 aromatic heterocycles. The molecule has 1 rings (SSSR count). The quantitative estimate of drug-likeness (QED) is 0.541. The predicted molar refractivity (Wildman–Crippen MR) is 86.1 cm³/mol. The van der Waals surface area contributed by atoms with E-state index in [2.05, 4.69) is 10.1 Å². The molecule has 0 aliphatic rings. The van der Waals surface area contributed by atoms with Crippen molar-refractivity contribution in [1.29, 1.82) is 0 Å². The lowest BCUT2D eigenvalue weighted by Crippen LogP contribution is -2.49. The molecule has 1 atom stereocenters. The highest BCUT2D eigenvalue weighted by Crippen LogP contribution is 2.17. The van der Waals surface area contributed by atoms with Gasteiger partial charge in [-0.3, -0.25) is 9.59 Å². The van der Waals surface area contributed by atoms with Crippen LogP contribution in [0.4, 0.5) is 0 Å². The fourth-order valence-corrected chi connectivity index (χ4v) is 2.15. The average Bonchev–Trinajstić information content (AvgIpc) is 2.54. The largest absolute Gasteiger partial charge is 0.469 e. The third-order valence-corrected chi connectivity index (χ3v) is 3.67. The molecular formula is C17H26N2O3. The van der Waals surface area contributed by atoms with Crippen LogP contribution in [0, 0.1) is 0 Å². The summed E-state index contributed by atoms with van der Waals surface area (Å²) in [6.07, 6.45) is 4.06. The SMILES string of the molecule is COC(=O)CCCCCCNC(=O)C(C)(N)c1ccccc1. The summed E-state index contributed by atoms with van der Waals surface area (Å²) in [6.45, 7) is 2.31. The second kappa shape index (κ2) is 9.20. The number of carbonyl (C=O) groups excluding carboxylic acids is 2. The number of esters is 1. The molecule has 1 amide bonds. The summed E-state index contributed by atoms with van der Waals surface area (Å²) in [6, 6.07) is 9.34. The third kappa shape index (κ3) is 5.85. The highest BCUT2D eigenvalue weighted by molar-refractivity contribution is 5.86. The van der Waals surface area contributed by atoms with Crippen molar-refractivity contribution < 1.29 is 14.3 Å². The Morgan fingerprint density at radius 1 is 1.14 bits per heavy atom. The van der Waals surface area contributed by atoms with Crippen LogP contribution in [0.2, 0.25) is 0 Å². The molecule has 0 saturated heterocycles. The lowest BCUT2D eigenvalue weighted by atomic mass is 9.92. The molecule has 22 heavy (non-hydrogen) atoms. The lowest BCUT2D eigenvalue weighted by molar-refractivity contribution is -0.140. The van der Waals surface area contributed by atoms with Crippen molar-refractivity contribution in [2.45, 2.75) is 44.6 Å². The fraction of sp³-hybridized carbons (Fsp3) is 0.529. The zero-order valence-corrected chi connectivity index (χ0v) is 13.4. The molecule has 0 aliphatic heterocycles. The summed E-state index contributed by atoms with van der Waals surface area (Å²) < 4.78 is 4.58. The molecular weight excluding hydrogens is 280 g/mol. The van der Waals surface area contributed by atoms with Crippen molar-refractivity contribution in [2.75, 3.05) is 13.7 Å². The number of nitrogens with two attached hydrogens (primary N) is 1. The van der Waals surface area contributed by atoms with E-state index < -0.39 is 5.54 Å². The van der Waals surface area contributed by atoms with Crippen molar-refractivity contribution in [3.63, 3.8) is 0 Å². The lowest BCUT2D eigenvalue weighted by Gasteiger charge is -2.24. The zero-order valence-electron chi connectivity index (χ0n) is 13.4. The number of rotatable bonds is 9. The van der Waals surface area contributed by atoms with Crippen LogP contribution >= 0.6 is 0 Å². The molecule has 0 radical (unpaired) electrons. The molecule has 1 unspecified atom stereocenters. The number of hydrogen-bond donors (Lipinski definition) is 2. The van der Waals surface area contributed by atoms with Gasteiger partial charge in [-0.05, 0) is 25.3 Å². The summed E-state index contributed by atoms with van der Waals surface area (Å²) in [7, 11) is 1.40. The first-order chi connectivity index (χ1) is 10.5. The van der Waals surface area contributed by atoms with Crippen LogP contribution in [0.5, 0.6) is 0 Å². The highest BCUT2D eigenvalue weighted by Gasteiger charge is 2.29. The molecule has 0 fully saturated rings. The highest BCUT2D eigenvalue weighted by atomic mass is 16.5. The second-order valence-corrected chi connectivity index (χ2v) is 5.56. The predicted octanol–water partition coefficient (Wildman–Crippen LogP) is 2.10. The smallest absolute Gasteiger partial charge is 0.305 e. The molecule has 3 N–H and O–H groups in total. The first-order valence-corrected chi connectivity index (χ1v) is 7.68. The van der Waals surface area contributed by atoms with E-state index in [1.807, 2.05) is 30.3 Å². The van der Waals surface area contributed by atoms with Crippen LogP contribution in [-0.4, -0.2) is 25.5 Å². The zero-order chi connectivity index (χ0) is 16.4. The maximum absolute atomic E-state index is 12.2. The molecule has 0 bridgehead atoms. The summed E-state index contributed by atoms with van der Waals surface area (Å²) in [4.78, 5) is 23.1. The molecule has 0 heterocycles. The molecule has 0 spiro atoms. The Hall–Kier alpha value is -1.88. The number of benzene rings is 1. The van der Waals surface area contributed by atoms with Gasteiger partial charge in [0.15, 0.2) is 0 Å². The van der Waals surface area contributed by atoms with Gasteiger partial charge >= 0.3 is 5.97 Å². The van der Waals surface area contributed by atoms with E-state index in [1.54, 1.807) is 6.92 Å². The monoisotopic (exact) mass is 306 g/mol. The minimum atomic E-state index is -1.02. The van der Waals surface area contributed by atoms with Crippen molar-refractivity contribution >= 4 is 11.9 Å². The van der Waals surface area contributed by atoms with E-state index in [4.69, 9.17) is 5.73 Å². The Balaban J connectivity index is 2.22. The number of hydrogen-bond acceptors (Lipinski definition) is 4. The second-order valence-electron chi connectivity index (χ2n) is 5.56. The summed E-state index contributed by atoms with van der Waals surface area (Å²) in [5.41, 5.74) is 5.90. The number of nitrogens with one attached hydrogen (secondary N) is 1. The van der Waals surface area contributed by atoms with Gasteiger partial charge in [0, 0.05) is 13.0 Å². The van der Waals surface area contributed by atoms with Crippen LogP contribution in [0.15, 0.2) is 30.3 Å². The minimum Gasteiger partial charge on any atom is -0.469 e. The average molecular weight is 306 g/mol. The van der Waals surface area contributed by atoms with Gasteiger partial charge in [0.05, 0.1) is 7.11 Å². The van der Waals surface area contributed by atoms with Gasteiger partial charge in [-0.15, -0.1) is 0 Å². The van der Waals surface area contributed by atoms with E-state index in [-0.39, 0.29) is 11.9 Å². The first kappa shape index (κ1) is 18.2.